The van der Waals surface area contributed by atoms with Crippen LogP contribution in [0, 0.1) is 5.82 Å². The van der Waals surface area contributed by atoms with Crippen LogP contribution in [0.25, 0.3) is 0 Å². The number of nitrogens with two attached hydrogens (primary N) is 1. The van der Waals surface area contributed by atoms with Crippen molar-refractivity contribution in [2.24, 2.45) is 5.73 Å². The predicted octanol–water partition coefficient (Wildman–Crippen LogP) is 1.54. The lowest BCUT2D eigenvalue weighted by Gasteiger charge is -2.32. The molecule has 6 heteroatoms. The third kappa shape index (κ3) is 2.40. The zero-order chi connectivity index (χ0) is 14.4. The monoisotopic (exact) mass is 266 g/mol. The molecule has 1 atom stereocenters. The fraction of sp³-hybridized carbons (Fsp3) is 0.615. The molecule has 0 aliphatic carbocycles. The van der Waals surface area contributed by atoms with Gasteiger partial charge in [-0.3, -0.25) is 4.98 Å². The van der Waals surface area contributed by atoms with E-state index in [0.717, 1.165) is 0 Å². The summed E-state index contributed by atoms with van der Waals surface area (Å²) in [4.78, 5) is 4.20. The smallest absolute Gasteiger partial charge is 0.398 e. The van der Waals surface area contributed by atoms with Crippen molar-refractivity contribution in [3.05, 3.63) is 23.6 Å². The van der Waals surface area contributed by atoms with Crippen LogP contribution in [0.1, 0.15) is 46.2 Å². The van der Waals surface area contributed by atoms with E-state index in [4.69, 9.17) is 15.0 Å². The Balaban J connectivity index is 2.43. The zero-order valence-electron chi connectivity index (χ0n) is 12.0. The minimum absolute atomic E-state index is 0.348. The van der Waals surface area contributed by atoms with E-state index >= 15 is 0 Å². The molecule has 2 rings (SSSR count). The fourth-order valence-electron chi connectivity index (χ4n) is 2.06. The van der Waals surface area contributed by atoms with Gasteiger partial charge in [-0.1, -0.05) is 0 Å². The first-order valence-corrected chi connectivity index (χ1v) is 6.41. The Morgan fingerprint density at radius 1 is 1.26 bits per heavy atom. The molecule has 1 saturated heterocycles. The summed E-state index contributed by atoms with van der Waals surface area (Å²) in [6.45, 7) is 9.49. The standard InChI is InChI=1S/C13H20BFN2O2/c1-8(16)10-9(15)6-7-17-11(10)14-18-12(2,3)13(4,5)19-14/h6-8H,16H2,1-5H3. The van der Waals surface area contributed by atoms with Crippen LogP contribution in [0.15, 0.2) is 12.3 Å². The van der Waals surface area contributed by atoms with Gasteiger partial charge in [0.1, 0.15) is 5.82 Å². The third-order valence-electron chi connectivity index (χ3n) is 3.90. The summed E-state index contributed by atoms with van der Waals surface area (Å²) >= 11 is 0. The molecule has 0 radical (unpaired) electrons. The Morgan fingerprint density at radius 2 is 1.79 bits per heavy atom. The van der Waals surface area contributed by atoms with Crippen LogP contribution in [0.4, 0.5) is 4.39 Å². The van der Waals surface area contributed by atoms with E-state index in [1.165, 1.54) is 12.3 Å². The first-order chi connectivity index (χ1) is 8.66. The van der Waals surface area contributed by atoms with Crippen molar-refractivity contribution in [1.29, 1.82) is 0 Å². The van der Waals surface area contributed by atoms with Gasteiger partial charge in [-0.05, 0) is 40.7 Å². The van der Waals surface area contributed by atoms with Crippen molar-refractivity contribution in [2.45, 2.75) is 51.9 Å². The Morgan fingerprint density at radius 3 is 2.26 bits per heavy atom. The second kappa shape index (κ2) is 4.54. The third-order valence-corrected chi connectivity index (χ3v) is 3.90. The lowest BCUT2D eigenvalue weighted by molar-refractivity contribution is 0.00578. The van der Waals surface area contributed by atoms with Crippen molar-refractivity contribution in [3.8, 4) is 0 Å². The van der Waals surface area contributed by atoms with Gasteiger partial charge in [0.15, 0.2) is 0 Å². The highest BCUT2D eigenvalue weighted by molar-refractivity contribution is 6.61. The average Bonchev–Trinajstić information content (AvgIpc) is 2.47. The molecule has 1 aromatic rings. The van der Waals surface area contributed by atoms with Crippen LogP contribution in [0.2, 0.25) is 0 Å². The van der Waals surface area contributed by atoms with E-state index in [2.05, 4.69) is 4.98 Å². The molecular formula is C13H20BFN2O2. The van der Waals surface area contributed by atoms with Crippen LogP contribution in [-0.4, -0.2) is 23.3 Å². The summed E-state index contributed by atoms with van der Waals surface area (Å²) in [6.07, 6.45) is 1.40. The maximum absolute atomic E-state index is 13.9. The zero-order valence-corrected chi connectivity index (χ0v) is 12.0. The maximum Gasteiger partial charge on any atom is 0.514 e. The molecule has 1 fully saturated rings. The van der Waals surface area contributed by atoms with Crippen molar-refractivity contribution in [3.63, 3.8) is 0 Å². The van der Waals surface area contributed by atoms with E-state index in [1.54, 1.807) is 6.92 Å². The van der Waals surface area contributed by atoms with E-state index in [0.29, 0.717) is 11.2 Å². The van der Waals surface area contributed by atoms with Gasteiger partial charge in [0.05, 0.1) is 16.8 Å². The van der Waals surface area contributed by atoms with Gasteiger partial charge >= 0.3 is 7.12 Å². The van der Waals surface area contributed by atoms with Crippen molar-refractivity contribution in [2.75, 3.05) is 0 Å². The molecule has 0 saturated carbocycles. The summed E-state index contributed by atoms with van der Waals surface area (Å²) in [6, 6.07) is 0.829. The van der Waals surface area contributed by atoms with Crippen LogP contribution in [0.5, 0.6) is 0 Å². The summed E-state index contributed by atoms with van der Waals surface area (Å²) in [7, 11) is -0.693. The molecule has 1 aliphatic rings. The molecule has 19 heavy (non-hydrogen) atoms. The van der Waals surface area contributed by atoms with Crippen LogP contribution >= 0.6 is 0 Å². The Kier molecular flexibility index (Phi) is 3.45. The highest BCUT2D eigenvalue weighted by Crippen LogP contribution is 2.36. The fourth-order valence-corrected chi connectivity index (χ4v) is 2.06. The summed E-state index contributed by atoms with van der Waals surface area (Å²) in [5.74, 6) is -0.380. The SMILES string of the molecule is CC(N)c1c(F)ccnc1B1OC(C)(C)C(C)(C)O1. The second-order valence-corrected chi connectivity index (χ2v) is 5.97. The highest BCUT2D eigenvalue weighted by atomic mass is 19.1. The molecule has 1 aromatic heterocycles. The van der Waals surface area contributed by atoms with Gasteiger partial charge in [0.25, 0.3) is 0 Å². The maximum atomic E-state index is 13.9. The summed E-state index contributed by atoms with van der Waals surface area (Å²) < 4.78 is 25.7. The van der Waals surface area contributed by atoms with E-state index in [9.17, 15) is 4.39 Å². The van der Waals surface area contributed by atoms with Crippen LogP contribution in [0.3, 0.4) is 0 Å². The number of aromatic nitrogens is 1. The number of nitrogens with zero attached hydrogens (tertiary/aromatic N) is 1. The molecule has 0 aromatic carbocycles. The minimum Gasteiger partial charge on any atom is -0.398 e. The molecule has 0 amide bonds. The molecule has 2 heterocycles. The Bertz CT molecular complexity index is 476. The molecule has 2 N–H and O–H groups in total. The number of pyridine rings is 1. The van der Waals surface area contributed by atoms with E-state index < -0.39 is 24.4 Å². The second-order valence-electron chi connectivity index (χ2n) is 5.97. The van der Waals surface area contributed by atoms with Crippen LogP contribution < -0.4 is 11.3 Å². The van der Waals surface area contributed by atoms with Gasteiger partial charge in [0, 0.05) is 17.8 Å². The largest absolute Gasteiger partial charge is 0.514 e. The Labute approximate surface area is 113 Å². The number of hydrogen-bond donors (Lipinski definition) is 1. The molecule has 0 spiro atoms. The van der Waals surface area contributed by atoms with Gasteiger partial charge < -0.3 is 15.0 Å². The summed E-state index contributed by atoms with van der Waals surface area (Å²) in [5, 5.41) is 0. The molecule has 4 nitrogen and oxygen atoms in total. The van der Waals surface area contributed by atoms with Gasteiger partial charge in [-0.2, -0.15) is 0 Å². The Hall–Kier alpha value is -0.975. The van der Waals surface area contributed by atoms with Crippen molar-refractivity contribution >= 4 is 12.7 Å². The van der Waals surface area contributed by atoms with Gasteiger partial charge in [0.2, 0.25) is 0 Å². The number of halogens is 1. The van der Waals surface area contributed by atoms with E-state index in [1.807, 2.05) is 27.7 Å². The van der Waals surface area contributed by atoms with Gasteiger partial charge in [-0.25, -0.2) is 4.39 Å². The first kappa shape index (κ1) is 14.4. The topological polar surface area (TPSA) is 57.4 Å². The highest BCUT2D eigenvalue weighted by Gasteiger charge is 2.53. The molecule has 0 bridgehead atoms. The first-order valence-electron chi connectivity index (χ1n) is 6.41. The molecule has 1 aliphatic heterocycles. The van der Waals surface area contributed by atoms with Gasteiger partial charge in [-0.15, -0.1) is 0 Å². The quantitative estimate of drug-likeness (QED) is 0.825. The predicted molar refractivity (Wildman–Crippen MR) is 72.5 cm³/mol. The lowest BCUT2D eigenvalue weighted by atomic mass is 9.79. The minimum atomic E-state index is -0.693. The van der Waals surface area contributed by atoms with E-state index in [-0.39, 0.29) is 5.82 Å². The molecule has 104 valence electrons. The summed E-state index contributed by atoms with van der Waals surface area (Å²) in [5.41, 5.74) is 5.63. The van der Waals surface area contributed by atoms with Crippen molar-refractivity contribution in [1.82, 2.24) is 4.98 Å². The number of hydrogen-bond acceptors (Lipinski definition) is 4. The van der Waals surface area contributed by atoms with Crippen LogP contribution in [-0.2, 0) is 9.31 Å². The molecule has 1 unspecified atom stereocenters. The average molecular weight is 266 g/mol. The normalized spacial score (nSPS) is 22.6. The van der Waals surface area contributed by atoms with Crippen molar-refractivity contribution < 1.29 is 13.7 Å². The lowest BCUT2D eigenvalue weighted by Crippen LogP contribution is -2.41. The number of rotatable bonds is 2. The molecular weight excluding hydrogens is 246 g/mol.